The van der Waals surface area contributed by atoms with E-state index in [2.05, 4.69) is 48.3 Å². The highest BCUT2D eigenvalue weighted by Crippen LogP contribution is 2.20. The topological polar surface area (TPSA) is 62.4 Å². The molecule has 1 atom stereocenters. The van der Waals surface area contributed by atoms with Crippen LogP contribution in [0.3, 0.4) is 0 Å². The van der Waals surface area contributed by atoms with Crippen molar-refractivity contribution in [3.63, 3.8) is 0 Å². The zero-order valence-corrected chi connectivity index (χ0v) is 12.9. The molecule has 0 aliphatic heterocycles. The maximum Gasteiger partial charge on any atom is 0.323 e. The van der Waals surface area contributed by atoms with Crippen molar-refractivity contribution in [1.82, 2.24) is 10.1 Å². The van der Waals surface area contributed by atoms with Gasteiger partial charge in [0.1, 0.15) is 0 Å². The van der Waals surface area contributed by atoms with E-state index in [1.54, 1.807) is 4.90 Å². The summed E-state index contributed by atoms with van der Waals surface area (Å²) < 4.78 is 5.23. The van der Waals surface area contributed by atoms with Crippen LogP contribution in [0.2, 0.25) is 0 Å². The Labute approximate surface area is 125 Å². The summed E-state index contributed by atoms with van der Waals surface area (Å²) in [5.41, 5.74) is 2.62. The molecule has 0 aliphatic carbocycles. The lowest BCUT2D eigenvalue weighted by molar-refractivity contribution is 0.299. The van der Waals surface area contributed by atoms with Gasteiger partial charge in [0.15, 0.2) is 5.82 Å². The summed E-state index contributed by atoms with van der Waals surface area (Å²) in [6.07, 6.45) is 1.94. The number of rotatable bonds is 7. The van der Waals surface area contributed by atoms with Crippen molar-refractivity contribution in [2.75, 3.05) is 25.1 Å². The zero-order valence-electron chi connectivity index (χ0n) is 12.9. The van der Waals surface area contributed by atoms with Gasteiger partial charge in [0.05, 0.1) is 6.61 Å². The second kappa shape index (κ2) is 7.22. The van der Waals surface area contributed by atoms with Gasteiger partial charge in [-0.15, -0.1) is 0 Å². The Hall–Kier alpha value is -1.88. The molecule has 1 aromatic heterocycles. The molecule has 0 amide bonds. The third kappa shape index (κ3) is 4.04. The smallest absolute Gasteiger partial charge is 0.323 e. The summed E-state index contributed by atoms with van der Waals surface area (Å²) in [7, 11) is 1.82. The third-order valence-electron chi connectivity index (χ3n) is 3.61. The lowest BCUT2D eigenvalue weighted by atomic mass is 9.99. The van der Waals surface area contributed by atoms with Crippen molar-refractivity contribution in [2.24, 2.45) is 0 Å². The maximum absolute atomic E-state index is 8.92. The number of aliphatic hydroxyl groups excluding tert-OH is 1. The van der Waals surface area contributed by atoms with Gasteiger partial charge in [-0.05, 0) is 24.0 Å². The molecule has 0 bridgehead atoms. The molecule has 0 aliphatic rings. The normalized spacial score (nSPS) is 12.4. The Kier molecular flexibility index (Phi) is 5.33. The number of nitrogens with zero attached hydrogens (tertiary/aromatic N) is 3. The fraction of sp³-hybridized carbons (Fsp3) is 0.500. The molecule has 1 aromatic carbocycles. The number of likely N-dealkylation sites (N-methyl/N-ethyl adjacent to an activating group) is 1. The van der Waals surface area contributed by atoms with Crippen molar-refractivity contribution >= 4 is 6.01 Å². The first kappa shape index (κ1) is 15.5. The molecular formula is C16H23N3O2. The zero-order chi connectivity index (χ0) is 15.2. The van der Waals surface area contributed by atoms with E-state index in [-0.39, 0.29) is 12.5 Å². The average Bonchev–Trinajstić information content (AvgIpc) is 2.98. The van der Waals surface area contributed by atoms with E-state index in [9.17, 15) is 0 Å². The van der Waals surface area contributed by atoms with Crippen LogP contribution < -0.4 is 4.90 Å². The van der Waals surface area contributed by atoms with Crippen molar-refractivity contribution < 1.29 is 9.63 Å². The fourth-order valence-electron chi connectivity index (χ4n) is 2.18. The van der Waals surface area contributed by atoms with E-state index in [1.165, 1.54) is 11.1 Å². The molecule has 114 valence electrons. The van der Waals surface area contributed by atoms with Gasteiger partial charge in [0, 0.05) is 19.5 Å². The minimum Gasteiger partial charge on any atom is -0.395 e. The highest BCUT2D eigenvalue weighted by molar-refractivity contribution is 5.26. The Morgan fingerprint density at radius 1 is 1.24 bits per heavy atom. The first-order valence-electron chi connectivity index (χ1n) is 7.37. The van der Waals surface area contributed by atoms with Gasteiger partial charge in [0.25, 0.3) is 0 Å². The minimum absolute atomic E-state index is 0.0630. The van der Waals surface area contributed by atoms with E-state index in [0.29, 0.717) is 18.4 Å². The molecule has 2 aromatic rings. The molecular weight excluding hydrogens is 266 g/mol. The van der Waals surface area contributed by atoms with Gasteiger partial charge in [-0.3, -0.25) is 0 Å². The lowest BCUT2D eigenvalue weighted by Crippen LogP contribution is -2.21. The van der Waals surface area contributed by atoms with Gasteiger partial charge in [-0.2, -0.15) is 4.98 Å². The van der Waals surface area contributed by atoms with E-state index in [4.69, 9.17) is 9.63 Å². The molecule has 0 saturated carbocycles. The molecule has 0 unspecified atom stereocenters. The highest BCUT2D eigenvalue weighted by Gasteiger charge is 2.16. The van der Waals surface area contributed by atoms with Crippen LogP contribution in [0, 0.1) is 0 Å². The largest absolute Gasteiger partial charge is 0.395 e. The quantitative estimate of drug-likeness (QED) is 0.848. The Balaban J connectivity index is 2.00. The van der Waals surface area contributed by atoms with Crippen molar-refractivity contribution in [3.8, 4) is 0 Å². The summed E-state index contributed by atoms with van der Waals surface area (Å²) in [5, 5.41) is 13.0. The van der Waals surface area contributed by atoms with E-state index >= 15 is 0 Å². The van der Waals surface area contributed by atoms with Crippen LogP contribution in [0.4, 0.5) is 6.01 Å². The molecule has 0 radical (unpaired) electrons. The lowest BCUT2D eigenvalue weighted by Gasteiger charge is -2.10. The minimum atomic E-state index is 0.0630. The van der Waals surface area contributed by atoms with Gasteiger partial charge < -0.3 is 14.5 Å². The maximum atomic E-state index is 8.92. The Bertz CT molecular complexity index is 551. The van der Waals surface area contributed by atoms with Gasteiger partial charge in [-0.1, -0.05) is 43.3 Å². The predicted molar refractivity (Wildman–Crippen MR) is 82.6 cm³/mol. The first-order valence-corrected chi connectivity index (χ1v) is 7.37. The number of benzene rings is 1. The van der Waals surface area contributed by atoms with Crippen molar-refractivity contribution in [2.45, 2.75) is 32.6 Å². The van der Waals surface area contributed by atoms with Crippen LogP contribution >= 0.6 is 0 Å². The molecule has 1 N–H and O–H groups in total. The van der Waals surface area contributed by atoms with E-state index < -0.39 is 0 Å². The number of hydrogen-bond donors (Lipinski definition) is 1. The standard InChI is InChI=1S/C16H23N3O2/c1-4-13-5-7-14(8-6-13)11-12(2)15-17-16(21-18-15)19(3)9-10-20/h5-8,12,20H,4,9-11H2,1-3H3/t12-/m0/s1. The summed E-state index contributed by atoms with van der Waals surface area (Å²) in [5.74, 6) is 0.895. The summed E-state index contributed by atoms with van der Waals surface area (Å²) >= 11 is 0. The predicted octanol–water partition coefficient (Wildman–Crippen LogP) is 2.41. The average molecular weight is 289 g/mol. The SMILES string of the molecule is CCc1ccc(C[C@H](C)c2noc(N(C)CCO)n2)cc1. The van der Waals surface area contributed by atoms with E-state index in [1.807, 2.05) is 7.05 Å². The number of anilines is 1. The molecule has 5 heteroatoms. The molecule has 0 fully saturated rings. The van der Waals surface area contributed by atoms with Crippen LogP contribution in [0.25, 0.3) is 0 Å². The second-order valence-electron chi connectivity index (χ2n) is 5.36. The van der Waals surface area contributed by atoms with Crippen molar-refractivity contribution in [3.05, 3.63) is 41.2 Å². The first-order chi connectivity index (χ1) is 10.1. The summed E-state index contributed by atoms with van der Waals surface area (Å²) in [6, 6.07) is 9.10. The van der Waals surface area contributed by atoms with Gasteiger partial charge >= 0.3 is 6.01 Å². The van der Waals surface area contributed by atoms with Crippen LogP contribution in [0.5, 0.6) is 0 Å². The van der Waals surface area contributed by atoms with Crippen LogP contribution in [-0.4, -0.2) is 35.4 Å². The summed E-state index contributed by atoms with van der Waals surface area (Å²) in [4.78, 5) is 6.14. The molecule has 1 heterocycles. The molecule has 5 nitrogen and oxygen atoms in total. The number of aromatic nitrogens is 2. The fourth-order valence-corrected chi connectivity index (χ4v) is 2.18. The molecule has 0 spiro atoms. The van der Waals surface area contributed by atoms with Crippen LogP contribution in [0.1, 0.15) is 36.7 Å². The summed E-state index contributed by atoms with van der Waals surface area (Å²) in [6.45, 7) is 4.79. The Morgan fingerprint density at radius 2 is 1.90 bits per heavy atom. The second-order valence-corrected chi connectivity index (χ2v) is 5.36. The van der Waals surface area contributed by atoms with E-state index in [0.717, 1.165) is 12.8 Å². The third-order valence-corrected chi connectivity index (χ3v) is 3.61. The molecule has 21 heavy (non-hydrogen) atoms. The van der Waals surface area contributed by atoms with Crippen LogP contribution in [0.15, 0.2) is 28.8 Å². The van der Waals surface area contributed by atoms with Gasteiger partial charge in [-0.25, -0.2) is 0 Å². The van der Waals surface area contributed by atoms with Crippen molar-refractivity contribution in [1.29, 1.82) is 0 Å². The van der Waals surface area contributed by atoms with Gasteiger partial charge in [0.2, 0.25) is 0 Å². The number of hydrogen-bond acceptors (Lipinski definition) is 5. The number of aliphatic hydroxyl groups is 1. The monoisotopic (exact) mass is 289 g/mol. The molecule has 2 rings (SSSR count). The number of aryl methyl sites for hydroxylation is 1. The molecule has 0 saturated heterocycles. The Morgan fingerprint density at radius 3 is 2.52 bits per heavy atom. The van der Waals surface area contributed by atoms with Crippen LogP contribution in [-0.2, 0) is 12.8 Å². The highest BCUT2D eigenvalue weighted by atomic mass is 16.5.